The third-order valence-corrected chi connectivity index (χ3v) is 3.68. The number of likely N-dealkylation sites (tertiary alicyclic amines) is 1. The van der Waals surface area contributed by atoms with Crippen molar-refractivity contribution in [1.82, 2.24) is 4.90 Å². The number of ether oxygens (including phenoxy) is 1. The third kappa shape index (κ3) is 3.71. The van der Waals surface area contributed by atoms with E-state index in [1.807, 2.05) is 4.90 Å². The third-order valence-electron chi connectivity index (χ3n) is 3.68. The molecule has 21 heavy (non-hydrogen) atoms. The number of anilines is 1. The number of nitrogens with zero attached hydrogens (tertiary/aromatic N) is 1. The van der Waals surface area contributed by atoms with E-state index in [9.17, 15) is 14.0 Å². The first-order valence-electron chi connectivity index (χ1n) is 6.91. The molecule has 0 bridgehead atoms. The molecule has 1 saturated heterocycles. The first-order chi connectivity index (χ1) is 10.0. The zero-order valence-corrected chi connectivity index (χ0v) is 12.2. The Morgan fingerprint density at radius 3 is 2.57 bits per heavy atom. The summed E-state index contributed by atoms with van der Waals surface area (Å²) >= 11 is 0. The van der Waals surface area contributed by atoms with Crippen LogP contribution in [0.1, 0.15) is 30.1 Å². The molecular weight excluding hydrogens is 275 g/mol. The van der Waals surface area contributed by atoms with Crippen molar-refractivity contribution < 1.29 is 18.7 Å². The second-order valence-corrected chi connectivity index (χ2v) is 5.11. The monoisotopic (exact) mass is 294 g/mol. The Bertz CT molecular complexity index is 540. The lowest BCUT2D eigenvalue weighted by atomic mass is 10.0. The van der Waals surface area contributed by atoms with Gasteiger partial charge in [-0.1, -0.05) is 0 Å². The number of hydrogen-bond acceptors (Lipinski definition) is 4. The van der Waals surface area contributed by atoms with Crippen LogP contribution in [0.4, 0.5) is 10.1 Å². The molecule has 114 valence electrons. The summed E-state index contributed by atoms with van der Waals surface area (Å²) in [5.41, 5.74) is 0.599. The molecule has 6 heteroatoms. The highest BCUT2D eigenvalue weighted by Crippen LogP contribution is 2.20. The highest BCUT2D eigenvalue weighted by Gasteiger charge is 2.21. The number of halogens is 1. The highest BCUT2D eigenvalue weighted by atomic mass is 19.1. The number of esters is 1. The number of benzene rings is 1. The van der Waals surface area contributed by atoms with Crippen molar-refractivity contribution in [1.29, 1.82) is 0 Å². The van der Waals surface area contributed by atoms with Gasteiger partial charge < -0.3 is 15.0 Å². The van der Waals surface area contributed by atoms with Crippen molar-refractivity contribution in [3.8, 4) is 0 Å². The molecule has 0 aromatic heterocycles. The van der Waals surface area contributed by atoms with E-state index in [1.165, 1.54) is 19.2 Å². The molecule has 5 nitrogen and oxygen atoms in total. The largest absolute Gasteiger partial charge is 0.465 e. The van der Waals surface area contributed by atoms with Gasteiger partial charge in [0.2, 0.25) is 5.91 Å². The molecular formula is C15H19FN2O3. The first kappa shape index (κ1) is 15.3. The van der Waals surface area contributed by atoms with Gasteiger partial charge in [0.1, 0.15) is 5.82 Å². The Kier molecular flexibility index (Phi) is 4.77. The van der Waals surface area contributed by atoms with Gasteiger partial charge in [-0.2, -0.15) is 0 Å². The van der Waals surface area contributed by atoms with Crippen LogP contribution in [0.25, 0.3) is 0 Å². The Hall–Kier alpha value is -2.11. The van der Waals surface area contributed by atoms with Crippen LogP contribution in [-0.2, 0) is 9.53 Å². The molecule has 2 rings (SSSR count). The summed E-state index contributed by atoms with van der Waals surface area (Å²) in [6.07, 6.45) is 1.65. The van der Waals surface area contributed by atoms with Gasteiger partial charge in [0.25, 0.3) is 0 Å². The SMILES string of the molecule is COC(=O)c1cc(NC2CCN(C(C)=O)CC2)ccc1F. The van der Waals surface area contributed by atoms with Gasteiger partial charge in [-0.25, -0.2) is 9.18 Å². The molecule has 0 unspecified atom stereocenters. The van der Waals surface area contributed by atoms with Gasteiger partial charge in [0.15, 0.2) is 0 Å². The van der Waals surface area contributed by atoms with Crippen molar-refractivity contribution in [2.45, 2.75) is 25.8 Å². The summed E-state index contributed by atoms with van der Waals surface area (Å²) in [6, 6.07) is 4.51. The van der Waals surface area contributed by atoms with E-state index >= 15 is 0 Å². The van der Waals surface area contributed by atoms with Crippen LogP contribution in [0, 0.1) is 5.82 Å². The first-order valence-corrected chi connectivity index (χ1v) is 6.91. The minimum atomic E-state index is -0.692. The Balaban J connectivity index is 2.01. The van der Waals surface area contributed by atoms with Crippen molar-refractivity contribution >= 4 is 17.6 Å². The molecule has 1 amide bonds. The van der Waals surface area contributed by atoms with Gasteiger partial charge in [0.05, 0.1) is 12.7 Å². The second kappa shape index (κ2) is 6.56. The fraction of sp³-hybridized carbons (Fsp3) is 0.467. The maximum absolute atomic E-state index is 13.6. The average Bonchev–Trinajstić information content (AvgIpc) is 2.49. The topological polar surface area (TPSA) is 58.6 Å². The number of carbonyl (C=O) groups is 2. The summed E-state index contributed by atoms with van der Waals surface area (Å²) in [5.74, 6) is -1.20. The van der Waals surface area contributed by atoms with Crippen LogP contribution < -0.4 is 5.32 Å². The smallest absolute Gasteiger partial charge is 0.340 e. The van der Waals surface area contributed by atoms with Gasteiger partial charge in [0, 0.05) is 31.7 Å². The van der Waals surface area contributed by atoms with E-state index in [0.29, 0.717) is 18.8 Å². The molecule has 1 aromatic carbocycles. The average molecular weight is 294 g/mol. The molecule has 0 radical (unpaired) electrons. The van der Waals surface area contributed by atoms with Gasteiger partial charge in [-0.15, -0.1) is 0 Å². The summed E-state index contributed by atoms with van der Waals surface area (Å²) in [5, 5.41) is 3.27. The molecule has 1 N–H and O–H groups in total. The standard InChI is InChI=1S/C15H19FN2O3/c1-10(19)18-7-5-11(6-8-18)17-12-3-4-14(16)13(9-12)15(20)21-2/h3-4,9,11,17H,5-8H2,1-2H3. The Morgan fingerprint density at radius 1 is 1.33 bits per heavy atom. The van der Waals surface area contributed by atoms with Crippen molar-refractivity contribution in [2.75, 3.05) is 25.5 Å². The van der Waals surface area contributed by atoms with Gasteiger partial charge >= 0.3 is 5.97 Å². The van der Waals surface area contributed by atoms with E-state index < -0.39 is 11.8 Å². The van der Waals surface area contributed by atoms with Gasteiger partial charge in [-0.3, -0.25) is 4.79 Å². The lowest BCUT2D eigenvalue weighted by Crippen LogP contribution is -2.41. The quantitative estimate of drug-likeness (QED) is 0.867. The van der Waals surface area contributed by atoms with Crippen LogP contribution in [0.2, 0.25) is 0 Å². The lowest BCUT2D eigenvalue weighted by molar-refractivity contribution is -0.129. The number of carbonyl (C=O) groups excluding carboxylic acids is 2. The maximum Gasteiger partial charge on any atom is 0.340 e. The number of amides is 1. The second-order valence-electron chi connectivity index (χ2n) is 5.11. The molecule has 0 aliphatic carbocycles. The molecule has 1 fully saturated rings. The van der Waals surface area contributed by atoms with E-state index in [4.69, 9.17) is 0 Å². The molecule has 1 aliphatic heterocycles. The van der Waals surface area contributed by atoms with Crippen molar-refractivity contribution in [3.63, 3.8) is 0 Å². The van der Waals surface area contributed by atoms with Crippen LogP contribution in [0.3, 0.4) is 0 Å². The minimum absolute atomic E-state index is 0.0799. The zero-order chi connectivity index (χ0) is 15.4. The molecule has 1 aromatic rings. The normalized spacial score (nSPS) is 15.7. The molecule has 0 atom stereocenters. The Labute approximate surface area is 123 Å². The zero-order valence-electron chi connectivity index (χ0n) is 12.2. The lowest BCUT2D eigenvalue weighted by Gasteiger charge is -2.32. The number of hydrogen-bond donors (Lipinski definition) is 1. The van der Waals surface area contributed by atoms with Crippen LogP contribution in [0.15, 0.2) is 18.2 Å². The Morgan fingerprint density at radius 2 is 2.00 bits per heavy atom. The fourth-order valence-corrected chi connectivity index (χ4v) is 2.46. The van der Waals surface area contributed by atoms with E-state index in [2.05, 4.69) is 10.1 Å². The van der Waals surface area contributed by atoms with E-state index in [-0.39, 0.29) is 17.5 Å². The summed E-state index contributed by atoms with van der Waals surface area (Å²) < 4.78 is 18.1. The summed E-state index contributed by atoms with van der Waals surface area (Å²) in [6.45, 7) is 2.98. The van der Waals surface area contributed by atoms with Crippen molar-refractivity contribution in [2.24, 2.45) is 0 Å². The van der Waals surface area contributed by atoms with E-state index in [0.717, 1.165) is 12.8 Å². The molecule has 0 spiro atoms. The van der Waals surface area contributed by atoms with Crippen LogP contribution >= 0.6 is 0 Å². The minimum Gasteiger partial charge on any atom is -0.465 e. The number of rotatable bonds is 3. The van der Waals surface area contributed by atoms with Crippen molar-refractivity contribution in [3.05, 3.63) is 29.6 Å². The van der Waals surface area contributed by atoms with E-state index in [1.54, 1.807) is 13.0 Å². The summed E-state index contributed by atoms with van der Waals surface area (Å²) in [7, 11) is 1.22. The molecule has 1 heterocycles. The molecule has 1 aliphatic rings. The van der Waals surface area contributed by atoms with Crippen LogP contribution in [0.5, 0.6) is 0 Å². The number of nitrogens with one attached hydrogen (secondary N) is 1. The number of piperidine rings is 1. The number of methoxy groups -OCH3 is 1. The molecule has 0 saturated carbocycles. The van der Waals surface area contributed by atoms with Gasteiger partial charge in [-0.05, 0) is 31.0 Å². The predicted molar refractivity (Wildman–Crippen MR) is 76.6 cm³/mol. The van der Waals surface area contributed by atoms with Crippen LogP contribution in [-0.4, -0.2) is 43.0 Å². The highest BCUT2D eigenvalue weighted by molar-refractivity contribution is 5.90. The predicted octanol–water partition coefficient (Wildman–Crippen LogP) is 2.04. The fourth-order valence-electron chi connectivity index (χ4n) is 2.46. The maximum atomic E-state index is 13.6. The summed E-state index contributed by atoms with van der Waals surface area (Å²) in [4.78, 5) is 24.5.